The van der Waals surface area contributed by atoms with Crippen LogP contribution < -0.4 is 69.5 Å². The molecule has 30 atom stereocenters. The van der Waals surface area contributed by atoms with Crippen molar-refractivity contribution in [3.05, 3.63) is 0 Å². The first kappa shape index (κ1) is 106. The Kier molecular flexibility index (Phi) is 43.2. The van der Waals surface area contributed by atoms with Gasteiger partial charge in [-0.25, -0.2) is 19.2 Å². The van der Waals surface area contributed by atoms with Gasteiger partial charge in [0.2, 0.25) is 70.9 Å². The van der Waals surface area contributed by atoms with Crippen molar-refractivity contribution >= 4 is 101 Å². The molecule has 4 heterocycles. The molecule has 4 rings (SSSR count). The van der Waals surface area contributed by atoms with Gasteiger partial charge in [-0.1, -0.05) is 0 Å². The van der Waals surface area contributed by atoms with E-state index in [0.717, 1.165) is 55.4 Å². The fraction of sp³-hybridized carbons (Fsp3) is 0.761. The molecule has 0 radical (unpaired) electrons. The highest BCUT2D eigenvalue weighted by Gasteiger charge is 2.57. The fourth-order valence-corrected chi connectivity index (χ4v) is 13.2. The van der Waals surface area contributed by atoms with Crippen LogP contribution in [0.5, 0.6) is 0 Å². The number of carbonyl (C=O) groups excluding carboxylic acids is 12. The number of amides is 12. The Hall–Kier alpha value is -9.73. The number of carboxylic acid groups (broad SMARTS) is 5. The highest BCUT2D eigenvalue weighted by atomic mass is 16.8. The molecule has 0 aromatic carbocycles. The molecular formula is C71H115N13O39. The molecule has 0 saturated carbocycles. The van der Waals surface area contributed by atoms with Crippen molar-refractivity contribution in [3.8, 4) is 0 Å². The summed E-state index contributed by atoms with van der Waals surface area (Å²) in [5.74, 6) is -20.0. The van der Waals surface area contributed by atoms with Gasteiger partial charge in [-0.05, 0) is 86.0 Å². The van der Waals surface area contributed by atoms with E-state index in [-0.39, 0.29) is 32.3 Å². The zero-order valence-corrected chi connectivity index (χ0v) is 68.5. The van der Waals surface area contributed by atoms with Gasteiger partial charge in [0, 0.05) is 40.5 Å². The predicted octanol–water partition coefficient (Wildman–Crippen LogP) is -13.1. The van der Waals surface area contributed by atoms with Gasteiger partial charge in [0.05, 0.1) is 39.1 Å². The summed E-state index contributed by atoms with van der Waals surface area (Å²) in [6.45, 7) is 5.75. The second-order valence-corrected chi connectivity index (χ2v) is 29.7. The van der Waals surface area contributed by atoms with Crippen molar-refractivity contribution in [3.63, 3.8) is 0 Å². The summed E-state index contributed by atoms with van der Waals surface area (Å²) in [6, 6.07) is -21.3. The zero-order valence-electron chi connectivity index (χ0n) is 68.5. The van der Waals surface area contributed by atoms with E-state index >= 15 is 0 Å². The number of ether oxygens (including phenoxy) is 8. The van der Waals surface area contributed by atoms with E-state index in [1.54, 1.807) is 0 Å². The maximum atomic E-state index is 13.8. The lowest BCUT2D eigenvalue weighted by Gasteiger charge is -2.47. The molecule has 4 aliphatic heterocycles. The first-order chi connectivity index (χ1) is 57.6. The van der Waals surface area contributed by atoms with Crippen LogP contribution in [0, 0.1) is 0 Å². The predicted molar refractivity (Wildman–Crippen MR) is 404 cm³/mol. The van der Waals surface area contributed by atoms with Crippen LogP contribution in [0.1, 0.15) is 127 Å². The van der Waals surface area contributed by atoms with E-state index in [2.05, 4.69) is 63.8 Å². The number of nitrogens with two attached hydrogens (primary N) is 1. The van der Waals surface area contributed by atoms with E-state index in [9.17, 15) is 153 Å². The highest BCUT2D eigenvalue weighted by Crippen LogP contribution is 2.36. The quantitative estimate of drug-likeness (QED) is 0.0269. The molecule has 28 N–H and O–H groups in total. The molecular weight excluding hydrogens is 1660 g/mol. The fourth-order valence-electron chi connectivity index (χ4n) is 13.2. The van der Waals surface area contributed by atoms with E-state index in [0.29, 0.717) is 0 Å². The van der Waals surface area contributed by atoms with E-state index < -0.39 is 349 Å². The number of nitrogens with one attached hydrogen (secondary N) is 12. The average molecular weight is 1770 g/mol. The lowest BCUT2D eigenvalue weighted by atomic mass is 9.95. The van der Waals surface area contributed by atoms with Crippen molar-refractivity contribution in [1.82, 2.24) is 63.8 Å². The molecule has 52 heteroatoms. The molecule has 0 aliphatic carbocycles. The molecule has 52 nitrogen and oxygen atoms in total. The molecule has 0 aromatic rings. The summed E-state index contributed by atoms with van der Waals surface area (Å²) in [4.78, 5) is 219. The molecule has 30 unspecified atom stereocenters. The van der Waals surface area contributed by atoms with Crippen LogP contribution in [0.25, 0.3) is 0 Å². The van der Waals surface area contributed by atoms with Gasteiger partial charge >= 0.3 is 29.8 Å². The van der Waals surface area contributed by atoms with Gasteiger partial charge < -0.3 is 179 Å². The number of aliphatic hydroxyl groups is 9. The largest absolute Gasteiger partial charge is 0.480 e. The highest BCUT2D eigenvalue weighted by molar-refractivity contribution is 5.95. The van der Waals surface area contributed by atoms with Gasteiger partial charge in [-0.3, -0.25) is 62.3 Å². The maximum absolute atomic E-state index is 13.8. The molecule has 4 fully saturated rings. The third-order valence-electron chi connectivity index (χ3n) is 19.9. The Morgan fingerprint density at radius 3 is 1.25 bits per heavy atom. The number of rotatable bonds is 52. The van der Waals surface area contributed by atoms with E-state index in [1.807, 2.05) is 0 Å². The molecule has 698 valence electrons. The number of hydrogen-bond acceptors (Lipinski definition) is 35. The molecule has 0 spiro atoms. The molecule has 12 amide bonds. The molecule has 4 saturated heterocycles. The Labute approximate surface area is 701 Å². The van der Waals surface area contributed by atoms with Crippen LogP contribution in [0.3, 0.4) is 0 Å². The summed E-state index contributed by atoms with van der Waals surface area (Å²) >= 11 is 0. The summed E-state index contributed by atoms with van der Waals surface area (Å²) in [6.07, 6.45) is -33.1. The normalized spacial score (nSPS) is 26.6. The van der Waals surface area contributed by atoms with Crippen molar-refractivity contribution in [1.29, 1.82) is 0 Å². The standard InChI is InChI=1S/C71H115N13O39/c1-25(73-61(103)28(4)117-54(40(20-85)76-30(6)89)55(41(93)21-86)122-70-47(77-31(7)90)52(98)50(96)42(22-87)119-70)58(100)84-39(68(114)115)17-19-46(95)81-36(65(108)109)14-11-15-37(66(110)111)82-60(102)27(3)75-63(105)35(13-10-12-34(72)64(106)107)80-45(94)18-16-38(67(112)113)83-59(101)26(2)74-62(104)29(5)118-57-49(79-33(9)92)69-116-24-44(121-69)56(57)123-71-48(78-32(8)91)53(99)51(97)43(23-88)120-71/h25-29,34-44,47-57,69-71,85-88,93,96-99H,10-24,72H2,1-9H3,(H,73,103)(H,74,104)(H,75,105)(H,76,89)(H,77,90)(H,78,91)(H,79,92)(H,80,94)(H,81,95)(H,82,102)(H,83,101)(H,84,100)(H,106,107)(H,108,109)(H,110,111)(H,112,113)(H,114,115). The first-order valence-electron chi connectivity index (χ1n) is 39.0. The van der Waals surface area contributed by atoms with Gasteiger partial charge in [0.25, 0.3) is 0 Å². The van der Waals surface area contributed by atoms with Gasteiger partial charge in [0.1, 0.15) is 158 Å². The lowest BCUT2D eigenvalue weighted by Crippen LogP contribution is -2.68. The van der Waals surface area contributed by atoms with Crippen molar-refractivity contribution in [2.45, 2.75) is 309 Å². The second kappa shape index (κ2) is 50.3. The number of aliphatic hydroxyl groups excluding tert-OH is 9. The lowest BCUT2D eigenvalue weighted by molar-refractivity contribution is -0.313. The Morgan fingerprint density at radius 1 is 0.415 bits per heavy atom. The van der Waals surface area contributed by atoms with Crippen LogP contribution in [-0.4, -0.2) is 388 Å². The zero-order chi connectivity index (χ0) is 92.9. The average Bonchev–Trinajstić information content (AvgIpc) is 1.67. The van der Waals surface area contributed by atoms with Crippen molar-refractivity contribution < 1.29 is 191 Å². The van der Waals surface area contributed by atoms with Gasteiger partial charge in [0.15, 0.2) is 18.9 Å². The molecule has 4 aliphatic rings. The van der Waals surface area contributed by atoms with Crippen LogP contribution in [0.4, 0.5) is 0 Å². The minimum Gasteiger partial charge on any atom is -0.480 e. The number of hydrogen-bond donors (Lipinski definition) is 27. The minimum atomic E-state index is -2.06. The first-order valence-corrected chi connectivity index (χ1v) is 39.0. The van der Waals surface area contributed by atoms with E-state index in [1.165, 1.54) is 6.92 Å². The number of carboxylic acids is 5. The monoisotopic (exact) mass is 1770 g/mol. The summed E-state index contributed by atoms with van der Waals surface area (Å²) in [7, 11) is 0. The molecule has 123 heavy (non-hydrogen) atoms. The van der Waals surface area contributed by atoms with Crippen LogP contribution in [0.2, 0.25) is 0 Å². The SMILES string of the molecule is CC(=O)NC(CO)C(OC(C)C(=O)NC(C)C(=O)NC(CCC(=O)NC(CCCC(NC(=O)C(C)NC(=O)C(CCCC(N)C(=O)O)NC(=O)CCC(NC(=O)C(C)NC(=O)C(C)OC1C(NC(C)=O)C2OCC(O2)C1OC1OC(CO)C(O)C(O)C1NC(C)=O)C(=O)O)C(=O)O)C(=O)O)C(=O)O)C(OC1OC(CO)C(O)C(O)C1NC(C)=O)C(O)CO. The van der Waals surface area contributed by atoms with Crippen LogP contribution in [0.15, 0.2) is 0 Å². The summed E-state index contributed by atoms with van der Waals surface area (Å²) < 4.78 is 47.1. The van der Waals surface area contributed by atoms with Gasteiger partial charge in [-0.2, -0.15) is 0 Å². The third-order valence-corrected chi connectivity index (χ3v) is 19.9. The Bertz CT molecular complexity index is 3650. The maximum Gasteiger partial charge on any atom is 0.326 e. The van der Waals surface area contributed by atoms with E-state index in [4.69, 9.17) is 43.6 Å². The van der Waals surface area contributed by atoms with Gasteiger partial charge in [-0.15, -0.1) is 0 Å². The van der Waals surface area contributed by atoms with Crippen LogP contribution >= 0.6 is 0 Å². The number of carbonyl (C=O) groups is 17. The Balaban J connectivity index is 1.34. The summed E-state index contributed by atoms with van der Waals surface area (Å²) in [5.41, 5.74) is 5.64. The molecule has 2 bridgehead atoms. The number of fused-ring (bicyclic) bond motifs is 2. The number of aliphatic carboxylic acids is 5. The summed E-state index contributed by atoms with van der Waals surface area (Å²) in [5, 5.41) is 171. The van der Waals surface area contributed by atoms with Crippen LogP contribution in [-0.2, 0) is 119 Å². The second-order valence-electron chi connectivity index (χ2n) is 29.7. The Morgan fingerprint density at radius 2 is 0.821 bits per heavy atom. The minimum absolute atomic E-state index is 0.173. The van der Waals surface area contributed by atoms with Crippen molar-refractivity contribution in [2.24, 2.45) is 5.73 Å². The topological polar surface area (TPSA) is 818 Å². The van der Waals surface area contributed by atoms with Crippen molar-refractivity contribution in [2.75, 3.05) is 33.0 Å². The third kappa shape index (κ3) is 32.4. The molecule has 0 aromatic heterocycles. The smallest absolute Gasteiger partial charge is 0.326 e.